The largest absolute Gasteiger partial charge is 0.493 e. The first-order valence-corrected chi connectivity index (χ1v) is 13.4. The van der Waals surface area contributed by atoms with E-state index in [1.165, 1.54) is 37.7 Å². The number of nitrogens with zero attached hydrogens (tertiary/aromatic N) is 1. The number of benzene rings is 2. The highest BCUT2D eigenvalue weighted by Crippen LogP contribution is 2.51. The van der Waals surface area contributed by atoms with E-state index in [4.69, 9.17) is 9.47 Å². The minimum Gasteiger partial charge on any atom is -0.493 e. The van der Waals surface area contributed by atoms with Crippen LogP contribution in [0, 0.1) is 11.6 Å². The van der Waals surface area contributed by atoms with Crippen LogP contribution in [0.5, 0.6) is 11.5 Å². The summed E-state index contributed by atoms with van der Waals surface area (Å²) in [6.07, 6.45) is 9.88. The normalized spacial score (nSPS) is 26.4. The summed E-state index contributed by atoms with van der Waals surface area (Å²) in [6, 6.07) is 9.63. The van der Waals surface area contributed by atoms with Gasteiger partial charge in [0.1, 0.15) is 11.6 Å². The molecule has 3 aliphatic rings. The first-order valence-electron chi connectivity index (χ1n) is 13.4. The van der Waals surface area contributed by atoms with Crippen LogP contribution >= 0.6 is 0 Å². The van der Waals surface area contributed by atoms with Gasteiger partial charge in [-0.15, -0.1) is 0 Å². The molecule has 0 radical (unpaired) electrons. The Bertz CT molecular complexity index is 1120. The van der Waals surface area contributed by atoms with Crippen LogP contribution in [0.2, 0.25) is 0 Å². The molecule has 2 aliphatic carbocycles. The quantitative estimate of drug-likeness (QED) is 0.497. The fraction of sp³-hybridized carbons (Fsp3) is 0.552. The smallest absolute Gasteiger partial charge is 0.319 e. The number of rotatable bonds is 6. The van der Waals surface area contributed by atoms with Gasteiger partial charge in [0.15, 0.2) is 11.5 Å². The molecule has 2 saturated carbocycles. The zero-order chi connectivity index (χ0) is 26.0. The zero-order valence-corrected chi connectivity index (χ0v) is 21.7. The summed E-state index contributed by atoms with van der Waals surface area (Å²) >= 11 is 0. The molecule has 3 fully saturated rings. The van der Waals surface area contributed by atoms with Gasteiger partial charge in [-0.2, -0.15) is 0 Å². The summed E-state index contributed by atoms with van der Waals surface area (Å²) < 4.78 is 38.8. The van der Waals surface area contributed by atoms with Gasteiger partial charge in [0.25, 0.3) is 0 Å². The minimum absolute atomic E-state index is 0.0275. The lowest BCUT2D eigenvalue weighted by molar-refractivity contribution is 0.0825. The molecular weight excluding hydrogens is 476 g/mol. The molecule has 0 aromatic heterocycles. The van der Waals surface area contributed by atoms with Gasteiger partial charge in [-0.3, -0.25) is 4.90 Å². The summed E-state index contributed by atoms with van der Waals surface area (Å²) in [6.45, 7) is 1.04. The first-order chi connectivity index (χ1) is 17.9. The summed E-state index contributed by atoms with van der Waals surface area (Å²) in [5, 5.41) is 5.54. The number of urea groups is 1. The number of carbonyl (C=O) groups excluding carboxylic acids is 1. The molecule has 5 rings (SSSR count). The molecule has 2 aromatic rings. The number of likely N-dealkylation sites (tertiary alicyclic amines) is 1. The Morgan fingerprint density at radius 1 is 0.973 bits per heavy atom. The molecule has 3 unspecified atom stereocenters. The Kier molecular flexibility index (Phi) is 7.56. The van der Waals surface area contributed by atoms with Crippen molar-refractivity contribution in [2.45, 2.75) is 81.3 Å². The third-order valence-electron chi connectivity index (χ3n) is 8.81. The number of hydrogen-bond donors (Lipinski definition) is 2. The van der Waals surface area contributed by atoms with Crippen molar-refractivity contribution < 1.29 is 23.0 Å². The van der Waals surface area contributed by atoms with E-state index in [9.17, 15) is 13.6 Å². The number of fused-ring (bicyclic) bond motifs is 1. The fourth-order valence-electron chi connectivity index (χ4n) is 6.99. The van der Waals surface area contributed by atoms with E-state index < -0.39 is 17.7 Å². The number of hydrogen-bond acceptors (Lipinski definition) is 4. The number of amides is 2. The zero-order valence-electron chi connectivity index (χ0n) is 21.7. The lowest BCUT2D eigenvalue weighted by atomic mass is 9.64. The van der Waals surface area contributed by atoms with Crippen LogP contribution in [-0.4, -0.2) is 49.8 Å². The highest BCUT2D eigenvalue weighted by molar-refractivity contribution is 5.89. The highest BCUT2D eigenvalue weighted by Gasteiger charge is 2.53. The predicted octanol–water partition coefficient (Wildman–Crippen LogP) is 6.00. The highest BCUT2D eigenvalue weighted by atomic mass is 19.1. The van der Waals surface area contributed by atoms with Crippen molar-refractivity contribution in [3.63, 3.8) is 0 Å². The van der Waals surface area contributed by atoms with E-state index in [0.717, 1.165) is 61.9 Å². The molecule has 2 aromatic carbocycles. The maximum absolute atomic E-state index is 14.1. The number of methoxy groups -OCH3 is 2. The van der Waals surface area contributed by atoms with Crippen molar-refractivity contribution in [1.29, 1.82) is 0 Å². The van der Waals surface area contributed by atoms with Gasteiger partial charge >= 0.3 is 6.03 Å². The topological polar surface area (TPSA) is 62.8 Å². The molecule has 200 valence electrons. The number of halogens is 2. The van der Waals surface area contributed by atoms with Crippen LogP contribution in [0.4, 0.5) is 19.3 Å². The van der Waals surface area contributed by atoms with Gasteiger partial charge in [0.2, 0.25) is 0 Å². The van der Waals surface area contributed by atoms with Crippen LogP contribution in [0.25, 0.3) is 0 Å². The molecule has 0 bridgehead atoms. The monoisotopic (exact) mass is 513 g/mol. The third-order valence-corrected chi connectivity index (χ3v) is 8.81. The molecule has 2 N–H and O–H groups in total. The Hall–Kier alpha value is -2.87. The van der Waals surface area contributed by atoms with Gasteiger partial charge in [-0.25, -0.2) is 13.6 Å². The number of carbonyl (C=O) groups is 1. The second kappa shape index (κ2) is 10.9. The van der Waals surface area contributed by atoms with E-state index in [0.29, 0.717) is 6.04 Å². The summed E-state index contributed by atoms with van der Waals surface area (Å²) in [4.78, 5) is 15.5. The Labute approximate surface area is 217 Å². The minimum atomic E-state index is -0.660. The first kappa shape index (κ1) is 25.8. The molecule has 1 aliphatic heterocycles. The molecular formula is C29H37F2N3O3. The van der Waals surface area contributed by atoms with Crippen molar-refractivity contribution in [2.75, 3.05) is 26.1 Å². The molecule has 1 saturated heterocycles. The fourth-order valence-corrected chi connectivity index (χ4v) is 6.99. The number of anilines is 1. The van der Waals surface area contributed by atoms with Gasteiger partial charge in [0.05, 0.1) is 19.9 Å². The average Bonchev–Trinajstić information content (AvgIpc) is 3.30. The van der Waals surface area contributed by atoms with Crippen molar-refractivity contribution in [1.82, 2.24) is 10.2 Å². The Morgan fingerprint density at radius 3 is 2.51 bits per heavy atom. The summed E-state index contributed by atoms with van der Waals surface area (Å²) in [5.74, 6) is 0.203. The van der Waals surface area contributed by atoms with Crippen LogP contribution in [0.1, 0.15) is 63.4 Å². The molecule has 6 nitrogen and oxygen atoms in total. The SMILES string of the molecule is COc1ccc(C23CCC(NC(=O)Nc4cc(F)ccc4F)CC2N(C2CCCCC2)CC3)cc1OC. The Balaban J connectivity index is 1.38. The molecule has 8 heteroatoms. The van der Waals surface area contributed by atoms with Gasteiger partial charge in [0, 0.05) is 29.6 Å². The van der Waals surface area contributed by atoms with Crippen molar-refractivity contribution in [3.05, 3.63) is 53.6 Å². The molecule has 3 atom stereocenters. The van der Waals surface area contributed by atoms with Gasteiger partial charge in [-0.05, 0) is 74.9 Å². The lowest BCUT2D eigenvalue weighted by Gasteiger charge is -2.47. The second-order valence-corrected chi connectivity index (χ2v) is 10.7. The molecule has 37 heavy (non-hydrogen) atoms. The van der Waals surface area contributed by atoms with E-state index in [1.54, 1.807) is 14.2 Å². The molecule has 1 heterocycles. The van der Waals surface area contributed by atoms with Crippen molar-refractivity contribution >= 4 is 11.7 Å². The number of nitrogens with one attached hydrogen (secondary N) is 2. The van der Waals surface area contributed by atoms with E-state index in [-0.39, 0.29) is 23.2 Å². The summed E-state index contributed by atoms with van der Waals surface area (Å²) in [5.41, 5.74) is 1.08. The van der Waals surface area contributed by atoms with E-state index >= 15 is 0 Å². The molecule has 0 spiro atoms. The Morgan fingerprint density at radius 2 is 1.76 bits per heavy atom. The van der Waals surface area contributed by atoms with Gasteiger partial charge < -0.3 is 20.1 Å². The van der Waals surface area contributed by atoms with Crippen LogP contribution in [-0.2, 0) is 5.41 Å². The van der Waals surface area contributed by atoms with Crippen LogP contribution in [0.15, 0.2) is 36.4 Å². The second-order valence-electron chi connectivity index (χ2n) is 10.7. The van der Waals surface area contributed by atoms with E-state index in [1.807, 2.05) is 6.07 Å². The number of ether oxygens (including phenoxy) is 2. The van der Waals surface area contributed by atoms with Crippen LogP contribution < -0.4 is 20.1 Å². The van der Waals surface area contributed by atoms with Gasteiger partial charge in [-0.1, -0.05) is 25.3 Å². The maximum Gasteiger partial charge on any atom is 0.319 e. The lowest BCUT2D eigenvalue weighted by Crippen LogP contribution is -2.55. The predicted molar refractivity (Wildman–Crippen MR) is 139 cm³/mol. The molecule has 2 amide bonds. The van der Waals surface area contributed by atoms with Crippen LogP contribution in [0.3, 0.4) is 0 Å². The standard InChI is InChI=1S/C29H37F2N3O3/c1-36-25-11-8-19(16-26(25)37-2)29-13-12-21(32-28(35)33-24-17-20(30)9-10-23(24)31)18-27(29)34(15-14-29)22-6-4-3-5-7-22/h8-11,16-17,21-22,27H,3-7,12-15,18H2,1-2H3,(H2,32,33,35). The average molecular weight is 514 g/mol. The summed E-state index contributed by atoms with van der Waals surface area (Å²) in [7, 11) is 3.32. The van der Waals surface area contributed by atoms with Crippen molar-refractivity contribution in [3.8, 4) is 11.5 Å². The van der Waals surface area contributed by atoms with E-state index in [2.05, 4.69) is 27.7 Å². The third kappa shape index (κ3) is 5.13. The van der Waals surface area contributed by atoms with Crippen molar-refractivity contribution in [2.24, 2.45) is 0 Å². The maximum atomic E-state index is 14.1.